The van der Waals surface area contributed by atoms with Crippen LogP contribution in [0, 0.1) is 5.92 Å². The topological polar surface area (TPSA) is 46.9 Å². The van der Waals surface area contributed by atoms with Crippen LogP contribution in [-0.4, -0.2) is 15.7 Å². The Kier molecular flexibility index (Phi) is 3.14. The molecular weight excluding hydrogens is 306 g/mol. The molecule has 0 radical (unpaired) electrons. The summed E-state index contributed by atoms with van der Waals surface area (Å²) in [7, 11) is 1.83. The Bertz CT molecular complexity index is 623. The zero-order chi connectivity index (χ0) is 13.4. The van der Waals surface area contributed by atoms with Gasteiger partial charge >= 0.3 is 0 Å². The van der Waals surface area contributed by atoms with Crippen LogP contribution in [0.25, 0.3) is 0 Å². The summed E-state index contributed by atoms with van der Waals surface area (Å²) in [5.41, 5.74) is 1.22. The monoisotopic (exact) mass is 319 g/mol. The number of aromatic nitrogens is 2. The molecule has 0 spiro atoms. The van der Waals surface area contributed by atoms with E-state index in [0.717, 1.165) is 10.9 Å². The minimum Gasteiger partial charge on any atom is -0.309 e. The third kappa shape index (κ3) is 2.71. The van der Waals surface area contributed by atoms with Gasteiger partial charge in [-0.3, -0.25) is 9.48 Å². The molecule has 1 amide bonds. The lowest BCUT2D eigenvalue weighted by atomic mass is 10.1. The van der Waals surface area contributed by atoms with Crippen molar-refractivity contribution in [2.45, 2.75) is 12.3 Å². The Balaban J connectivity index is 1.64. The maximum absolute atomic E-state index is 12.1. The Labute approximate surface area is 119 Å². The molecule has 1 N–H and O–H groups in total. The summed E-state index contributed by atoms with van der Waals surface area (Å²) in [6, 6.07) is 9.96. The number of halogens is 1. The number of carbonyl (C=O) groups is 1. The van der Waals surface area contributed by atoms with Crippen molar-refractivity contribution in [3.8, 4) is 0 Å². The molecule has 1 aliphatic carbocycles. The first-order chi connectivity index (χ1) is 9.13. The van der Waals surface area contributed by atoms with E-state index >= 15 is 0 Å². The Morgan fingerprint density at radius 2 is 2.32 bits per heavy atom. The number of amides is 1. The predicted molar refractivity (Wildman–Crippen MR) is 76.8 cm³/mol. The van der Waals surface area contributed by atoms with Crippen molar-refractivity contribution in [3.05, 3.63) is 46.6 Å². The molecule has 2 atom stereocenters. The van der Waals surface area contributed by atoms with Gasteiger partial charge in [-0.05, 0) is 30.0 Å². The van der Waals surface area contributed by atoms with E-state index in [-0.39, 0.29) is 11.8 Å². The van der Waals surface area contributed by atoms with Gasteiger partial charge in [0.15, 0.2) is 5.82 Å². The van der Waals surface area contributed by atoms with Crippen LogP contribution in [0.1, 0.15) is 17.9 Å². The van der Waals surface area contributed by atoms with Gasteiger partial charge in [-0.1, -0.05) is 28.1 Å². The second-order valence-corrected chi connectivity index (χ2v) is 5.78. The van der Waals surface area contributed by atoms with E-state index in [0.29, 0.717) is 11.7 Å². The van der Waals surface area contributed by atoms with Crippen molar-refractivity contribution in [1.29, 1.82) is 0 Å². The second kappa shape index (κ2) is 4.81. The lowest BCUT2D eigenvalue weighted by molar-refractivity contribution is -0.117. The van der Waals surface area contributed by atoms with Crippen molar-refractivity contribution in [3.63, 3.8) is 0 Å². The predicted octanol–water partition coefficient (Wildman–Crippen LogP) is 2.92. The van der Waals surface area contributed by atoms with Gasteiger partial charge in [0.2, 0.25) is 5.91 Å². The molecule has 0 aliphatic heterocycles. The van der Waals surface area contributed by atoms with Crippen LogP contribution in [0.5, 0.6) is 0 Å². The first kappa shape index (κ1) is 12.4. The van der Waals surface area contributed by atoms with Crippen LogP contribution in [-0.2, 0) is 11.8 Å². The van der Waals surface area contributed by atoms with E-state index in [4.69, 9.17) is 0 Å². The fraction of sp³-hybridized carbons (Fsp3) is 0.286. The summed E-state index contributed by atoms with van der Waals surface area (Å²) in [4.78, 5) is 12.1. The molecule has 1 saturated carbocycles. The van der Waals surface area contributed by atoms with Gasteiger partial charge in [0.1, 0.15) is 0 Å². The maximum atomic E-state index is 12.1. The molecule has 1 aromatic heterocycles. The molecule has 1 aromatic carbocycles. The molecule has 0 bridgehead atoms. The van der Waals surface area contributed by atoms with Gasteiger partial charge in [0.25, 0.3) is 0 Å². The largest absolute Gasteiger partial charge is 0.309 e. The third-order valence-electron chi connectivity index (χ3n) is 3.37. The highest BCUT2D eigenvalue weighted by Gasteiger charge is 2.44. The summed E-state index contributed by atoms with van der Waals surface area (Å²) in [5, 5.41) is 7.01. The SMILES string of the molecule is Cn1ccc(NC(=O)[C@@H]2C[C@@H]2c2cccc(Br)c2)n1. The van der Waals surface area contributed by atoms with Crippen LogP contribution in [0.4, 0.5) is 5.82 Å². The Morgan fingerprint density at radius 1 is 1.47 bits per heavy atom. The van der Waals surface area contributed by atoms with E-state index in [1.807, 2.05) is 25.4 Å². The maximum Gasteiger partial charge on any atom is 0.229 e. The van der Waals surface area contributed by atoms with Crippen LogP contribution >= 0.6 is 15.9 Å². The molecule has 0 saturated heterocycles. The lowest BCUT2D eigenvalue weighted by Crippen LogP contribution is -2.15. The van der Waals surface area contributed by atoms with E-state index in [1.165, 1.54) is 5.56 Å². The third-order valence-corrected chi connectivity index (χ3v) is 3.86. The molecule has 5 heteroatoms. The Morgan fingerprint density at radius 3 is 3.00 bits per heavy atom. The normalized spacial score (nSPS) is 21.2. The van der Waals surface area contributed by atoms with Gasteiger partial charge in [-0.15, -0.1) is 0 Å². The van der Waals surface area contributed by atoms with Crippen molar-refractivity contribution >= 4 is 27.7 Å². The fourth-order valence-corrected chi connectivity index (χ4v) is 2.71. The van der Waals surface area contributed by atoms with Gasteiger partial charge in [0, 0.05) is 29.7 Å². The molecule has 1 fully saturated rings. The summed E-state index contributed by atoms with van der Waals surface area (Å²) in [6.45, 7) is 0. The smallest absolute Gasteiger partial charge is 0.229 e. The highest BCUT2D eigenvalue weighted by atomic mass is 79.9. The molecule has 2 aromatic rings. The highest BCUT2D eigenvalue weighted by molar-refractivity contribution is 9.10. The number of nitrogens with one attached hydrogen (secondary N) is 1. The number of carbonyl (C=O) groups excluding carboxylic acids is 1. The second-order valence-electron chi connectivity index (χ2n) is 4.87. The number of anilines is 1. The number of benzene rings is 1. The summed E-state index contributed by atoms with van der Waals surface area (Å²) in [5.74, 6) is 1.08. The molecule has 3 rings (SSSR count). The molecule has 4 nitrogen and oxygen atoms in total. The molecule has 1 heterocycles. The molecule has 0 unspecified atom stereocenters. The number of nitrogens with zero attached hydrogens (tertiary/aromatic N) is 2. The van der Waals surface area contributed by atoms with Gasteiger partial charge < -0.3 is 5.32 Å². The number of hydrogen-bond acceptors (Lipinski definition) is 2. The highest BCUT2D eigenvalue weighted by Crippen LogP contribution is 2.48. The van der Waals surface area contributed by atoms with E-state index in [1.54, 1.807) is 10.7 Å². The quantitative estimate of drug-likeness (QED) is 0.945. The fourth-order valence-electron chi connectivity index (χ4n) is 2.29. The number of aryl methyl sites for hydroxylation is 1. The first-order valence-electron chi connectivity index (χ1n) is 6.19. The van der Waals surface area contributed by atoms with E-state index in [9.17, 15) is 4.79 Å². The van der Waals surface area contributed by atoms with Crippen molar-refractivity contribution in [1.82, 2.24) is 9.78 Å². The minimum atomic E-state index is 0.0590. The Hall–Kier alpha value is -1.62. The molecule has 98 valence electrons. The lowest BCUT2D eigenvalue weighted by Gasteiger charge is -2.02. The minimum absolute atomic E-state index is 0.0590. The van der Waals surface area contributed by atoms with Crippen molar-refractivity contribution in [2.75, 3.05) is 5.32 Å². The zero-order valence-electron chi connectivity index (χ0n) is 10.5. The average molecular weight is 320 g/mol. The van der Waals surface area contributed by atoms with Gasteiger partial charge in [-0.25, -0.2) is 0 Å². The number of rotatable bonds is 3. The number of hydrogen-bond donors (Lipinski definition) is 1. The molecule has 1 aliphatic rings. The van der Waals surface area contributed by atoms with Gasteiger partial charge in [-0.2, -0.15) is 5.10 Å². The summed E-state index contributed by atoms with van der Waals surface area (Å²) >= 11 is 3.46. The summed E-state index contributed by atoms with van der Waals surface area (Å²) in [6.07, 6.45) is 2.73. The van der Waals surface area contributed by atoms with Crippen molar-refractivity contribution < 1.29 is 4.79 Å². The van der Waals surface area contributed by atoms with Crippen LogP contribution in [0.15, 0.2) is 41.0 Å². The van der Waals surface area contributed by atoms with Crippen LogP contribution in [0.2, 0.25) is 0 Å². The first-order valence-corrected chi connectivity index (χ1v) is 6.99. The van der Waals surface area contributed by atoms with Gasteiger partial charge in [0.05, 0.1) is 0 Å². The van der Waals surface area contributed by atoms with Crippen LogP contribution < -0.4 is 5.32 Å². The summed E-state index contributed by atoms with van der Waals surface area (Å²) < 4.78 is 2.73. The molecular formula is C14H14BrN3O. The van der Waals surface area contributed by atoms with E-state index < -0.39 is 0 Å². The average Bonchev–Trinajstić information content (AvgIpc) is 3.08. The standard InChI is InChI=1S/C14H14BrN3O/c1-18-6-5-13(17-18)16-14(19)12-8-11(12)9-3-2-4-10(15)7-9/h2-7,11-12H,8H2,1H3,(H,16,17,19)/t11-,12-/m1/s1. The zero-order valence-corrected chi connectivity index (χ0v) is 12.1. The molecule has 19 heavy (non-hydrogen) atoms. The van der Waals surface area contributed by atoms with E-state index in [2.05, 4.69) is 38.5 Å². The van der Waals surface area contributed by atoms with Crippen molar-refractivity contribution in [2.24, 2.45) is 13.0 Å². The van der Waals surface area contributed by atoms with Crippen LogP contribution in [0.3, 0.4) is 0 Å².